The van der Waals surface area contributed by atoms with Gasteiger partial charge in [-0.3, -0.25) is 14.7 Å². The molecule has 0 atom stereocenters. The molecule has 1 aliphatic rings. The van der Waals surface area contributed by atoms with Crippen LogP contribution in [0, 0.1) is 5.82 Å². The lowest BCUT2D eigenvalue weighted by atomic mass is 10.0. The van der Waals surface area contributed by atoms with Crippen molar-refractivity contribution in [1.29, 1.82) is 0 Å². The van der Waals surface area contributed by atoms with Crippen molar-refractivity contribution in [2.75, 3.05) is 6.54 Å². The monoisotopic (exact) mass is 480 g/mol. The van der Waals surface area contributed by atoms with Gasteiger partial charge in [-0.15, -0.1) is 0 Å². The quantitative estimate of drug-likeness (QED) is 0.407. The highest BCUT2D eigenvalue weighted by atomic mass is 19.4. The van der Waals surface area contributed by atoms with Crippen LogP contribution < -0.4 is 5.56 Å². The molecular formula is C26H20F4N4O. The van der Waals surface area contributed by atoms with Gasteiger partial charge >= 0.3 is 6.18 Å². The summed E-state index contributed by atoms with van der Waals surface area (Å²) in [6, 6.07) is 12.8. The minimum atomic E-state index is -4.42. The fourth-order valence-corrected chi connectivity index (χ4v) is 4.20. The molecule has 9 heteroatoms. The second-order valence-electron chi connectivity index (χ2n) is 8.46. The molecular weight excluding hydrogens is 460 g/mol. The fourth-order valence-electron chi connectivity index (χ4n) is 4.20. The Morgan fingerprint density at radius 1 is 0.943 bits per heavy atom. The minimum Gasteiger partial charge on any atom is -0.306 e. The molecule has 3 heterocycles. The van der Waals surface area contributed by atoms with Crippen LogP contribution in [0.5, 0.6) is 0 Å². The molecule has 2 aromatic carbocycles. The van der Waals surface area contributed by atoms with Crippen LogP contribution in [-0.4, -0.2) is 26.4 Å². The summed E-state index contributed by atoms with van der Waals surface area (Å²) in [4.78, 5) is 26.5. The molecule has 0 saturated carbocycles. The van der Waals surface area contributed by atoms with Gasteiger partial charge in [0.1, 0.15) is 11.6 Å². The largest absolute Gasteiger partial charge is 0.416 e. The molecule has 0 bridgehead atoms. The Kier molecular flexibility index (Phi) is 5.94. The SMILES string of the molecule is O=c1[nH]c(-c2ccc(C(F)(F)F)cc2)nc2c1CN(Cc1cncc(-c3ccc(F)cc3)c1)CC2. The van der Waals surface area contributed by atoms with E-state index >= 15 is 0 Å². The molecule has 4 aromatic rings. The van der Waals surface area contributed by atoms with Gasteiger partial charge in [-0.05, 0) is 41.5 Å². The lowest BCUT2D eigenvalue weighted by molar-refractivity contribution is -0.137. The van der Waals surface area contributed by atoms with Crippen LogP contribution in [0.3, 0.4) is 0 Å². The molecule has 5 rings (SSSR count). The average Bonchev–Trinajstić information content (AvgIpc) is 2.84. The number of rotatable bonds is 4. The predicted molar refractivity (Wildman–Crippen MR) is 123 cm³/mol. The van der Waals surface area contributed by atoms with Gasteiger partial charge in [-0.1, -0.05) is 24.3 Å². The highest BCUT2D eigenvalue weighted by Crippen LogP contribution is 2.30. The second-order valence-corrected chi connectivity index (χ2v) is 8.46. The van der Waals surface area contributed by atoms with E-state index in [2.05, 4.69) is 19.9 Å². The van der Waals surface area contributed by atoms with Gasteiger partial charge < -0.3 is 4.98 Å². The Morgan fingerprint density at radius 2 is 1.66 bits per heavy atom. The molecule has 1 N–H and O–H groups in total. The Morgan fingerprint density at radius 3 is 2.37 bits per heavy atom. The Balaban J connectivity index is 1.33. The van der Waals surface area contributed by atoms with Crippen LogP contribution in [0.15, 0.2) is 71.8 Å². The molecule has 5 nitrogen and oxygen atoms in total. The maximum atomic E-state index is 13.2. The van der Waals surface area contributed by atoms with Crippen LogP contribution in [0.1, 0.15) is 22.4 Å². The van der Waals surface area contributed by atoms with E-state index in [1.807, 2.05) is 6.07 Å². The zero-order valence-electron chi connectivity index (χ0n) is 18.4. The van der Waals surface area contributed by atoms with Crippen molar-refractivity contribution in [2.24, 2.45) is 0 Å². The summed E-state index contributed by atoms with van der Waals surface area (Å²) in [5, 5.41) is 0. The lowest BCUT2D eigenvalue weighted by Crippen LogP contribution is -2.35. The van der Waals surface area contributed by atoms with Crippen LogP contribution in [0.2, 0.25) is 0 Å². The zero-order chi connectivity index (χ0) is 24.6. The molecule has 0 saturated heterocycles. The van der Waals surface area contributed by atoms with E-state index in [-0.39, 0.29) is 17.2 Å². The number of benzene rings is 2. The number of hydrogen-bond acceptors (Lipinski definition) is 4. The minimum absolute atomic E-state index is 0.257. The Hall–Kier alpha value is -3.85. The molecule has 0 fully saturated rings. The molecule has 35 heavy (non-hydrogen) atoms. The number of hydrogen-bond donors (Lipinski definition) is 1. The van der Waals surface area contributed by atoms with Crippen LogP contribution in [-0.2, 0) is 25.7 Å². The summed E-state index contributed by atoms with van der Waals surface area (Å²) in [5.74, 6) is -0.0442. The number of halogens is 4. The summed E-state index contributed by atoms with van der Waals surface area (Å²) in [5.41, 5.74) is 3.27. The first-order chi connectivity index (χ1) is 16.8. The van der Waals surface area contributed by atoms with Crippen molar-refractivity contribution >= 4 is 0 Å². The van der Waals surface area contributed by atoms with Gasteiger partial charge in [0.15, 0.2) is 0 Å². The van der Waals surface area contributed by atoms with E-state index in [4.69, 9.17) is 0 Å². The fraction of sp³-hybridized carbons (Fsp3) is 0.192. The smallest absolute Gasteiger partial charge is 0.306 e. The van der Waals surface area contributed by atoms with Crippen molar-refractivity contribution in [1.82, 2.24) is 19.9 Å². The predicted octanol–water partition coefficient (Wildman–Crippen LogP) is 5.22. The Bertz CT molecular complexity index is 1410. The third kappa shape index (κ3) is 5.00. The van der Waals surface area contributed by atoms with Crippen LogP contribution in [0.25, 0.3) is 22.5 Å². The highest BCUT2D eigenvalue weighted by Gasteiger charge is 2.30. The van der Waals surface area contributed by atoms with E-state index in [0.717, 1.165) is 28.8 Å². The summed E-state index contributed by atoms with van der Waals surface area (Å²) in [6.07, 6.45) is -0.400. The average molecular weight is 480 g/mol. The number of alkyl halides is 3. The van der Waals surface area contributed by atoms with Gasteiger partial charge in [-0.25, -0.2) is 9.37 Å². The summed E-state index contributed by atoms with van der Waals surface area (Å²) >= 11 is 0. The number of aromatic nitrogens is 3. The van der Waals surface area contributed by atoms with Crippen LogP contribution >= 0.6 is 0 Å². The normalized spacial score (nSPS) is 14.1. The van der Waals surface area contributed by atoms with Gasteiger partial charge in [0.05, 0.1) is 16.8 Å². The number of H-pyrrole nitrogens is 1. The third-order valence-electron chi connectivity index (χ3n) is 6.01. The summed E-state index contributed by atoms with van der Waals surface area (Å²) in [6.45, 7) is 1.63. The number of nitrogens with zero attached hydrogens (tertiary/aromatic N) is 3. The van der Waals surface area contributed by atoms with E-state index in [1.165, 1.54) is 24.3 Å². The van der Waals surface area contributed by atoms with E-state index in [1.54, 1.807) is 24.5 Å². The zero-order valence-corrected chi connectivity index (χ0v) is 18.4. The first kappa shape index (κ1) is 22.9. The summed E-state index contributed by atoms with van der Waals surface area (Å²) < 4.78 is 51.7. The molecule has 178 valence electrons. The van der Waals surface area contributed by atoms with Gasteiger partial charge in [0, 0.05) is 49.6 Å². The van der Waals surface area contributed by atoms with Gasteiger partial charge in [-0.2, -0.15) is 13.2 Å². The highest BCUT2D eigenvalue weighted by molar-refractivity contribution is 5.63. The number of pyridine rings is 1. The molecule has 0 amide bonds. The first-order valence-corrected chi connectivity index (χ1v) is 11.0. The van der Waals surface area contributed by atoms with Crippen molar-refractivity contribution < 1.29 is 17.6 Å². The maximum Gasteiger partial charge on any atom is 0.416 e. The van der Waals surface area contributed by atoms with E-state index in [0.29, 0.717) is 42.9 Å². The number of fused-ring (bicyclic) bond motifs is 1. The van der Waals surface area contributed by atoms with Gasteiger partial charge in [0.25, 0.3) is 5.56 Å². The van der Waals surface area contributed by atoms with E-state index in [9.17, 15) is 22.4 Å². The molecule has 2 aromatic heterocycles. The molecule has 0 aliphatic carbocycles. The van der Waals surface area contributed by atoms with Crippen molar-refractivity contribution in [2.45, 2.75) is 25.7 Å². The van der Waals surface area contributed by atoms with Crippen LogP contribution in [0.4, 0.5) is 17.6 Å². The van der Waals surface area contributed by atoms with E-state index < -0.39 is 11.7 Å². The first-order valence-electron chi connectivity index (χ1n) is 11.0. The molecule has 0 unspecified atom stereocenters. The lowest BCUT2D eigenvalue weighted by Gasteiger charge is -2.27. The maximum absolute atomic E-state index is 13.2. The molecule has 0 spiro atoms. The molecule has 0 radical (unpaired) electrons. The Labute approximate surface area is 198 Å². The second kappa shape index (κ2) is 9.07. The van der Waals surface area contributed by atoms with Gasteiger partial charge in [0.2, 0.25) is 0 Å². The molecule has 1 aliphatic heterocycles. The van der Waals surface area contributed by atoms with Crippen molar-refractivity contribution in [3.8, 4) is 22.5 Å². The topological polar surface area (TPSA) is 61.9 Å². The summed E-state index contributed by atoms with van der Waals surface area (Å²) in [7, 11) is 0. The standard InChI is InChI=1S/C26H20F4N4O/c27-21-7-3-17(4-8-21)19-11-16(12-31-13-19)14-34-10-9-23-22(15-34)25(35)33-24(32-23)18-1-5-20(6-2-18)26(28,29)30/h1-8,11-13H,9-10,14-15H2,(H,32,33,35). The third-order valence-corrected chi connectivity index (χ3v) is 6.01. The van der Waals surface area contributed by atoms with Crippen molar-refractivity contribution in [3.05, 3.63) is 106 Å². The number of nitrogens with one attached hydrogen (secondary N) is 1. The van der Waals surface area contributed by atoms with Crippen molar-refractivity contribution in [3.63, 3.8) is 0 Å². The number of aromatic amines is 1.